The van der Waals surface area contributed by atoms with Gasteiger partial charge in [0, 0.05) is 12.1 Å². The van der Waals surface area contributed by atoms with Gasteiger partial charge in [-0.1, -0.05) is 23.2 Å². The molecule has 0 aliphatic rings. The Bertz CT molecular complexity index is 577. The molecule has 94 valence electrons. The van der Waals surface area contributed by atoms with Gasteiger partial charge in [-0.3, -0.25) is 0 Å². The van der Waals surface area contributed by atoms with Crippen LogP contribution < -0.4 is 10.6 Å². The van der Waals surface area contributed by atoms with E-state index in [-0.39, 0.29) is 5.82 Å². The van der Waals surface area contributed by atoms with E-state index >= 15 is 0 Å². The van der Waals surface area contributed by atoms with Crippen molar-refractivity contribution >= 4 is 40.7 Å². The highest BCUT2D eigenvalue weighted by Crippen LogP contribution is 2.28. The van der Waals surface area contributed by atoms with Crippen molar-refractivity contribution in [1.29, 1.82) is 0 Å². The summed E-state index contributed by atoms with van der Waals surface area (Å²) in [6.07, 6.45) is 1.07. The maximum absolute atomic E-state index is 13.5. The smallest absolute Gasteiger partial charge is 0.224 e. The van der Waals surface area contributed by atoms with E-state index < -0.39 is 5.82 Å². The van der Waals surface area contributed by atoms with Gasteiger partial charge in [-0.05, 0) is 18.2 Å². The van der Waals surface area contributed by atoms with Crippen LogP contribution in [0.1, 0.15) is 0 Å². The van der Waals surface area contributed by atoms with Crippen molar-refractivity contribution in [3.05, 3.63) is 40.3 Å². The Balaban J connectivity index is 2.36. The van der Waals surface area contributed by atoms with E-state index in [1.54, 1.807) is 25.2 Å². The third kappa shape index (κ3) is 2.80. The van der Waals surface area contributed by atoms with Crippen LogP contribution in [0, 0.1) is 5.82 Å². The van der Waals surface area contributed by atoms with Crippen molar-refractivity contribution in [2.24, 2.45) is 0 Å². The highest BCUT2D eigenvalue weighted by Gasteiger charge is 2.09. The first-order chi connectivity index (χ1) is 8.60. The zero-order valence-corrected chi connectivity index (χ0v) is 10.8. The first-order valence-electron chi connectivity index (χ1n) is 5.02. The molecule has 1 heterocycles. The van der Waals surface area contributed by atoms with Crippen LogP contribution in [0.25, 0.3) is 0 Å². The van der Waals surface area contributed by atoms with Gasteiger partial charge >= 0.3 is 0 Å². The maximum atomic E-state index is 13.5. The van der Waals surface area contributed by atoms with Gasteiger partial charge in [-0.25, -0.2) is 9.37 Å². The highest BCUT2D eigenvalue weighted by atomic mass is 35.5. The van der Waals surface area contributed by atoms with Gasteiger partial charge in [-0.15, -0.1) is 0 Å². The fourth-order valence-corrected chi connectivity index (χ4v) is 1.63. The van der Waals surface area contributed by atoms with E-state index in [4.69, 9.17) is 23.2 Å². The van der Waals surface area contributed by atoms with Crippen LogP contribution in [0.15, 0.2) is 24.4 Å². The van der Waals surface area contributed by atoms with Gasteiger partial charge in [0.1, 0.15) is 0 Å². The van der Waals surface area contributed by atoms with E-state index in [0.29, 0.717) is 21.7 Å². The summed E-state index contributed by atoms with van der Waals surface area (Å²) >= 11 is 11.8. The standard InChI is InChI=1S/C11H9Cl2FN4/c1-15-11-16-5-8(14)10(18-11)17-9-4-6(12)2-3-7(9)13/h2-5H,1H3,(H2,15,16,17,18). The van der Waals surface area contributed by atoms with E-state index in [1.807, 2.05) is 0 Å². The molecule has 0 saturated heterocycles. The fourth-order valence-electron chi connectivity index (χ4n) is 1.30. The topological polar surface area (TPSA) is 49.8 Å². The Morgan fingerprint density at radius 2 is 2.06 bits per heavy atom. The van der Waals surface area contributed by atoms with Gasteiger partial charge in [0.15, 0.2) is 11.6 Å². The predicted octanol–water partition coefficient (Wildman–Crippen LogP) is 3.71. The molecule has 0 radical (unpaired) electrons. The lowest BCUT2D eigenvalue weighted by Gasteiger charge is -2.09. The van der Waals surface area contributed by atoms with Gasteiger partial charge < -0.3 is 10.6 Å². The van der Waals surface area contributed by atoms with Crippen molar-refractivity contribution < 1.29 is 4.39 Å². The van der Waals surface area contributed by atoms with E-state index in [9.17, 15) is 4.39 Å². The number of hydrogen-bond donors (Lipinski definition) is 2. The number of halogens is 3. The largest absolute Gasteiger partial charge is 0.357 e. The number of aromatic nitrogens is 2. The average molecular weight is 287 g/mol. The van der Waals surface area contributed by atoms with Crippen LogP contribution in [0.3, 0.4) is 0 Å². The molecule has 2 aromatic rings. The van der Waals surface area contributed by atoms with Crippen molar-refractivity contribution in [2.75, 3.05) is 17.7 Å². The molecule has 1 aromatic heterocycles. The molecule has 0 atom stereocenters. The molecule has 0 spiro atoms. The maximum Gasteiger partial charge on any atom is 0.224 e. The quantitative estimate of drug-likeness (QED) is 0.903. The first kappa shape index (κ1) is 12.9. The summed E-state index contributed by atoms with van der Waals surface area (Å²) in [6, 6.07) is 4.85. The van der Waals surface area contributed by atoms with Gasteiger partial charge in [0.2, 0.25) is 5.95 Å². The molecule has 0 amide bonds. The second-order valence-electron chi connectivity index (χ2n) is 3.39. The fraction of sp³-hybridized carbons (Fsp3) is 0.0909. The zero-order valence-electron chi connectivity index (χ0n) is 9.34. The highest BCUT2D eigenvalue weighted by molar-refractivity contribution is 6.35. The molecule has 4 nitrogen and oxygen atoms in total. The Labute approximate surface area is 113 Å². The monoisotopic (exact) mass is 286 g/mol. The van der Waals surface area contributed by atoms with Crippen molar-refractivity contribution in [1.82, 2.24) is 9.97 Å². The van der Waals surface area contributed by atoms with Crippen LogP contribution in [-0.2, 0) is 0 Å². The Hall–Kier alpha value is -1.59. The van der Waals surface area contributed by atoms with Crippen molar-refractivity contribution in [2.45, 2.75) is 0 Å². The zero-order chi connectivity index (χ0) is 13.1. The molecule has 2 N–H and O–H groups in total. The molecule has 0 aliphatic heterocycles. The van der Waals surface area contributed by atoms with E-state index in [0.717, 1.165) is 6.20 Å². The number of hydrogen-bond acceptors (Lipinski definition) is 4. The van der Waals surface area contributed by atoms with Crippen LogP contribution in [0.5, 0.6) is 0 Å². The summed E-state index contributed by atoms with van der Waals surface area (Å²) in [5.74, 6) is -0.249. The normalized spacial score (nSPS) is 10.2. The molecular weight excluding hydrogens is 278 g/mol. The lowest BCUT2D eigenvalue weighted by molar-refractivity contribution is 0.619. The van der Waals surface area contributed by atoms with Gasteiger partial charge in [0.05, 0.1) is 16.9 Å². The van der Waals surface area contributed by atoms with Crippen molar-refractivity contribution in [3.8, 4) is 0 Å². The minimum absolute atomic E-state index is 0.0264. The number of anilines is 3. The lowest BCUT2D eigenvalue weighted by Crippen LogP contribution is -2.03. The summed E-state index contributed by atoms with van der Waals surface area (Å²) in [4.78, 5) is 7.69. The predicted molar refractivity (Wildman–Crippen MR) is 71.3 cm³/mol. The number of nitrogens with zero attached hydrogens (tertiary/aromatic N) is 2. The molecule has 0 saturated carbocycles. The summed E-state index contributed by atoms with van der Waals surface area (Å²) in [5.41, 5.74) is 0.476. The molecule has 0 fully saturated rings. The third-order valence-corrected chi connectivity index (χ3v) is 2.71. The minimum atomic E-state index is -0.579. The second kappa shape index (κ2) is 5.37. The molecule has 18 heavy (non-hydrogen) atoms. The van der Waals surface area contributed by atoms with E-state index in [1.165, 1.54) is 0 Å². The Morgan fingerprint density at radius 1 is 1.28 bits per heavy atom. The molecule has 0 aliphatic carbocycles. The summed E-state index contributed by atoms with van der Waals surface area (Å²) in [7, 11) is 1.64. The van der Waals surface area contributed by atoms with Gasteiger partial charge in [-0.2, -0.15) is 4.98 Å². The minimum Gasteiger partial charge on any atom is -0.357 e. The van der Waals surface area contributed by atoms with Crippen LogP contribution >= 0.6 is 23.2 Å². The second-order valence-corrected chi connectivity index (χ2v) is 4.23. The van der Waals surface area contributed by atoms with Crippen LogP contribution in [0.2, 0.25) is 10.0 Å². The molecule has 0 bridgehead atoms. The van der Waals surface area contributed by atoms with Crippen molar-refractivity contribution in [3.63, 3.8) is 0 Å². The molecule has 2 rings (SSSR count). The number of benzene rings is 1. The molecule has 1 aromatic carbocycles. The molecular formula is C11H9Cl2FN4. The summed E-state index contributed by atoms with van der Waals surface area (Å²) < 4.78 is 13.5. The molecule has 0 unspecified atom stereocenters. The first-order valence-corrected chi connectivity index (χ1v) is 5.78. The average Bonchev–Trinajstić information content (AvgIpc) is 2.36. The van der Waals surface area contributed by atoms with Crippen LogP contribution in [0.4, 0.5) is 21.8 Å². The molecule has 7 heteroatoms. The summed E-state index contributed by atoms with van der Waals surface area (Å²) in [5, 5.41) is 6.40. The lowest BCUT2D eigenvalue weighted by atomic mass is 10.3. The SMILES string of the molecule is CNc1ncc(F)c(Nc2cc(Cl)ccc2Cl)n1. The number of rotatable bonds is 3. The van der Waals surface area contributed by atoms with E-state index in [2.05, 4.69) is 20.6 Å². The van der Waals surface area contributed by atoms with Crippen LogP contribution in [-0.4, -0.2) is 17.0 Å². The Morgan fingerprint density at radius 3 is 2.78 bits per heavy atom. The number of nitrogens with one attached hydrogen (secondary N) is 2. The Kier molecular flexibility index (Phi) is 3.84. The third-order valence-electron chi connectivity index (χ3n) is 2.15. The van der Waals surface area contributed by atoms with Gasteiger partial charge in [0.25, 0.3) is 0 Å². The summed E-state index contributed by atoms with van der Waals surface area (Å²) in [6.45, 7) is 0.